The minimum absolute atomic E-state index is 0.0880. The van der Waals surface area contributed by atoms with Gasteiger partial charge in [-0.05, 0) is 37.3 Å². The lowest BCUT2D eigenvalue weighted by Gasteiger charge is -2.11. The number of carbonyl (C=O) groups excluding carboxylic acids is 2. The van der Waals surface area contributed by atoms with Crippen LogP contribution < -0.4 is 20.1 Å². The number of hydrogen-bond donors (Lipinski definition) is 2. The summed E-state index contributed by atoms with van der Waals surface area (Å²) in [6, 6.07) is 9.72. The van der Waals surface area contributed by atoms with Gasteiger partial charge in [0, 0.05) is 17.4 Å². The maximum absolute atomic E-state index is 12.5. The Bertz CT molecular complexity index is 1130. The molecule has 0 spiro atoms. The van der Waals surface area contributed by atoms with Crippen LogP contribution in [0.15, 0.2) is 36.4 Å². The lowest BCUT2D eigenvalue weighted by Crippen LogP contribution is -2.21. The quantitative estimate of drug-likeness (QED) is 0.551. The third-order valence-electron chi connectivity index (χ3n) is 4.34. The second-order valence-corrected chi connectivity index (χ2v) is 7.20. The Labute approximate surface area is 188 Å². The monoisotopic (exact) mass is 463 g/mol. The van der Waals surface area contributed by atoms with E-state index >= 15 is 0 Å². The van der Waals surface area contributed by atoms with Crippen LogP contribution in [0.5, 0.6) is 11.5 Å². The highest BCUT2D eigenvalue weighted by molar-refractivity contribution is 6.42. The van der Waals surface area contributed by atoms with Crippen LogP contribution in [0.2, 0.25) is 10.0 Å². The highest BCUT2D eigenvalue weighted by Gasteiger charge is 2.19. The average molecular weight is 464 g/mol. The highest BCUT2D eigenvalue weighted by Crippen LogP contribution is 2.29. The van der Waals surface area contributed by atoms with Gasteiger partial charge in [-0.3, -0.25) is 9.59 Å². The van der Waals surface area contributed by atoms with Crippen molar-refractivity contribution in [2.45, 2.75) is 13.5 Å². The van der Waals surface area contributed by atoms with E-state index in [2.05, 4.69) is 20.9 Å². The first kappa shape index (κ1) is 22.4. The Balaban J connectivity index is 1.67. The van der Waals surface area contributed by atoms with Crippen molar-refractivity contribution in [3.8, 4) is 11.5 Å². The van der Waals surface area contributed by atoms with Gasteiger partial charge in [-0.25, -0.2) is 4.68 Å². The third kappa shape index (κ3) is 5.25. The highest BCUT2D eigenvalue weighted by atomic mass is 35.5. The SMILES string of the molecule is COc1ccc(NC(=O)Cn2nnc(C(=O)Nc3ccc(Cl)c(Cl)c3)c2C)cc1OC. The predicted octanol–water partition coefficient (Wildman–Crippen LogP) is 3.80. The third-order valence-corrected chi connectivity index (χ3v) is 5.07. The number of ether oxygens (including phenoxy) is 2. The van der Waals surface area contributed by atoms with Gasteiger partial charge < -0.3 is 20.1 Å². The maximum atomic E-state index is 12.5. The van der Waals surface area contributed by atoms with Crippen LogP contribution >= 0.6 is 23.2 Å². The Morgan fingerprint density at radius 2 is 1.65 bits per heavy atom. The summed E-state index contributed by atoms with van der Waals surface area (Å²) in [6.07, 6.45) is 0. The standard InChI is InChI=1S/C20H19Cl2N5O4/c1-11-19(20(29)24-12-4-6-14(21)15(22)8-12)25-26-27(11)10-18(28)23-13-5-7-16(30-2)17(9-13)31-3/h4-9H,10H2,1-3H3,(H,23,28)(H,24,29). The van der Waals surface area contributed by atoms with Crippen molar-refractivity contribution in [2.75, 3.05) is 24.9 Å². The van der Waals surface area contributed by atoms with Gasteiger partial charge in [-0.2, -0.15) is 0 Å². The number of nitrogens with one attached hydrogen (secondary N) is 2. The normalized spacial score (nSPS) is 10.5. The van der Waals surface area contributed by atoms with Crippen molar-refractivity contribution in [1.29, 1.82) is 0 Å². The molecule has 0 aliphatic heterocycles. The summed E-state index contributed by atoms with van der Waals surface area (Å²) in [6.45, 7) is 1.51. The lowest BCUT2D eigenvalue weighted by molar-refractivity contribution is -0.117. The van der Waals surface area contributed by atoms with Crippen LogP contribution in [0, 0.1) is 6.92 Å². The van der Waals surface area contributed by atoms with Crippen molar-refractivity contribution in [2.24, 2.45) is 0 Å². The molecule has 1 aromatic heterocycles. The first-order chi connectivity index (χ1) is 14.8. The predicted molar refractivity (Wildman–Crippen MR) is 117 cm³/mol. The van der Waals surface area contributed by atoms with Gasteiger partial charge in [0.15, 0.2) is 17.2 Å². The zero-order valence-electron chi connectivity index (χ0n) is 16.9. The number of anilines is 2. The summed E-state index contributed by atoms with van der Waals surface area (Å²) >= 11 is 11.8. The largest absolute Gasteiger partial charge is 0.493 e. The molecule has 1 heterocycles. The van der Waals surface area contributed by atoms with Crippen LogP contribution in [0.4, 0.5) is 11.4 Å². The van der Waals surface area contributed by atoms with Gasteiger partial charge in [0.1, 0.15) is 6.54 Å². The molecule has 0 bridgehead atoms. The maximum Gasteiger partial charge on any atom is 0.278 e. The molecule has 0 saturated heterocycles. The number of hydrogen-bond acceptors (Lipinski definition) is 6. The van der Waals surface area contributed by atoms with Gasteiger partial charge >= 0.3 is 0 Å². The molecular formula is C20H19Cl2N5O4. The minimum Gasteiger partial charge on any atom is -0.493 e. The molecular weight excluding hydrogens is 445 g/mol. The zero-order chi connectivity index (χ0) is 22.5. The van der Waals surface area contributed by atoms with E-state index in [9.17, 15) is 9.59 Å². The van der Waals surface area contributed by atoms with Crippen molar-refractivity contribution in [3.63, 3.8) is 0 Å². The summed E-state index contributed by atoms with van der Waals surface area (Å²) in [4.78, 5) is 25.0. The molecule has 2 N–H and O–H groups in total. The van der Waals surface area contributed by atoms with E-state index in [-0.39, 0.29) is 18.1 Å². The molecule has 162 valence electrons. The number of carbonyl (C=O) groups is 2. The molecule has 0 atom stereocenters. The van der Waals surface area contributed by atoms with Crippen molar-refractivity contribution < 1.29 is 19.1 Å². The summed E-state index contributed by atoms with van der Waals surface area (Å²) in [7, 11) is 3.03. The van der Waals surface area contributed by atoms with Gasteiger partial charge in [-0.15, -0.1) is 5.10 Å². The molecule has 0 fully saturated rings. The fraction of sp³-hybridized carbons (Fsp3) is 0.200. The first-order valence-corrected chi connectivity index (χ1v) is 9.76. The second kappa shape index (κ2) is 9.67. The zero-order valence-corrected chi connectivity index (χ0v) is 18.4. The Hall–Kier alpha value is -3.30. The fourth-order valence-corrected chi connectivity index (χ4v) is 3.03. The molecule has 0 saturated carbocycles. The minimum atomic E-state index is -0.484. The van der Waals surface area contributed by atoms with E-state index in [1.165, 1.54) is 25.0 Å². The van der Waals surface area contributed by atoms with Crippen molar-refractivity contribution in [1.82, 2.24) is 15.0 Å². The smallest absolute Gasteiger partial charge is 0.278 e. The van der Waals surface area contributed by atoms with Crippen molar-refractivity contribution in [3.05, 3.63) is 57.8 Å². The lowest BCUT2D eigenvalue weighted by atomic mass is 10.2. The van der Waals surface area contributed by atoms with E-state index in [4.69, 9.17) is 32.7 Å². The van der Waals surface area contributed by atoms with Crippen LogP contribution in [-0.2, 0) is 11.3 Å². The van der Waals surface area contributed by atoms with Crippen LogP contribution in [-0.4, -0.2) is 41.0 Å². The number of methoxy groups -OCH3 is 2. The summed E-state index contributed by atoms with van der Waals surface area (Å²) in [5.74, 6) is 0.197. The number of amides is 2. The number of nitrogens with zero attached hydrogens (tertiary/aromatic N) is 3. The number of aromatic nitrogens is 3. The van der Waals surface area contributed by atoms with E-state index in [0.29, 0.717) is 38.6 Å². The Kier molecular flexibility index (Phi) is 6.98. The molecule has 11 heteroatoms. The first-order valence-electron chi connectivity index (χ1n) is 9.00. The average Bonchev–Trinajstić information content (AvgIpc) is 3.10. The van der Waals surface area contributed by atoms with Crippen LogP contribution in [0.3, 0.4) is 0 Å². The molecule has 3 rings (SSSR count). The van der Waals surface area contributed by atoms with Gasteiger partial charge in [-0.1, -0.05) is 28.4 Å². The number of halogens is 2. The van der Waals surface area contributed by atoms with Crippen molar-refractivity contribution >= 4 is 46.4 Å². The topological polar surface area (TPSA) is 107 Å². The molecule has 0 aliphatic carbocycles. The molecule has 0 unspecified atom stereocenters. The number of rotatable bonds is 7. The van der Waals surface area contributed by atoms with E-state index in [1.807, 2.05) is 0 Å². The summed E-state index contributed by atoms with van der Waals surface area (Å²) in [5, 5.41) is 13.9. The molecule has 0 radical (unpaired) electrons. The molecule has 2 amide bonds. The molecule has 3 aromatic rings. The van der Waals surface area contributed by atoms with E-state index in [1.54, 1.807) is 37.3 Å². The molecule has 9 nitrogen and oxygen atoms in total. The fourth-order valence-electron chi connectivity index (χ4n) is 2.74. The van der Waals surface area contributed by atoms with E-state index in [0.717, 1.165) is 0 Å². The Morgan fingerprint density at radius 1 is 0.968 bits per heavy atom. The number of benzene rings is 2. The van der Waals surface area contributed by atoms with E-state index < -0.39 is 5.91 Å². The molecule has 0 aliphatic rings. The Morgan fingerprint density at radius 3 is 2.32 bits per heavy atom. The van der Waals surface area contributed by atoms with Gasteiger partial charge in [0.2, 0.25) is 5.91 Å². The van der Waals surface area contributed by atoms with Crippen LogP contribution in [0.25, 0.3) is 0 Å². The second-order valence-electron chi connectivity index (χ2n) is 6.38. The molecule has 2 aromatic carbocycles. The van der Waals surface area contributed by atoms with Crippen LogP contribution in [0.1, 0.15) is 16.2 Å². The molecule has 31 heavy (non-hydrogen) atoms. The van der Waals surface area contributed by atoms with Gasteiger partial charge in [0.05, 0.1) is 30.0 Å². The summed E-state index contributed by atoms with van der Waals surface area (Å²) in [5.41, 5.74) is 1.50. The van der Waals surface area contributed by atoms with Gasteiger partial charge in [0.25, 0.3) is 5.91 Å². The summed E-state index contributed by atoms with van der Waals surface area (Å²) < 4.78 is 11.7.